The second-order valence-corrected chi connectivity index (χ2v) is 6.49. The highest BCUT2D eigenvalue weighted by Gasteiger charge is 2.01. The van der Waals surface area contributed by atoms with Crippen molar-refractivity contribution in [3.05, 3.63) is 95.6 Å². The maximum Gasteiger partial charge on any atom is 0.191 e. The van der Waals surface area contributed by atoms with Crippen LogP contribution in [0.25, 0.3) is 0 Å². The van der Waals surface area contributed by atoms with Gasteiger partial charge in [-0.1, -0.05) is 30.3 Å². The Hall–Kier alpha value is -2.68. The number of rotatable bonds is 8. The van der Waals surface area contributed by atoms with Gasteiger partial charge in [-0.2, -0.15) is 0 Å². The number of pyridine rings is 1. The predicted octanol–water partition coefficient (Wildman–Crippen LogP) is 4.33. The average Bonchev–Trinajstić information content (AvgIpc) is 2.76. The van der Waals surface area contributed by atoms with Gasteiger partial charge in [-0.3, -0.25) is 9.98 Å². The summed E-state index contributed by atoms with van der Waals surface area (Å²) in [4.78, 5) is 8.47. The monoisotopic (exact) mass is 520 g/mol. The van der Waals surface area contributed by atoms with E-state index in [0.717, 1.165) is 29.0 Å². The van der Waals surface area contributed by atoms with E-state index in [2.05, 4.69) is 20.6 Å². The van der Waals surface area contributed by atoms with Gasteiger partial charge < -0.3 is 15.4 Å². The van der Waals surface area contributed by atoms with Crippen molar-refractivity contribution >= 4 is 29.9 Å². The molecule has 0 fully saturated rings. The van der Waals surface area contributed by atoms with Crippen LogP contribution in [0.2, 0.25) is 0 Å². The highest BCUT2D eigenvalue weighted by molar-refractivity contribution is 14.0. The maximum absolute atomic E-state index is 13.2. The molecule has 0 aliphatic carbocycles. The Morgan fingerprint density at radius 3 is 2.53 bits per heavy atom. The first kappa shape index (κ1) is 23.6. The van der Waals surface area contributed by atoms with Gasteiger partial charge in [-0.05, 0) is 53.9 Å². The molecule has 3 aromatic rings. The van der Waals surface area contributed by atoms with Gasteiger partial charge in [0.15, 0.2) is 5.96 Å². The lowest BCUT2D eigenvalue weighted by molar-refractivity contribution is 0.301. The summed E-state index contributed by atoms with van der Waals surface area (Å²) < 4.78 is 19.0. The number of benzene rings is 2. The summed E-state index contributed by atoms with van der Waals surface area (Å²) in [5.41, 5.74) is 2.96. The summed E-state index contributed by atoms with van der Waals surface area (Å²) in [6.07, 6.45) is 2.48. The number of aromatic nitrogens is 1. The molecule has 0 saturated carbocycles. The van der Waals surface area contributed by atoms with E-state index in [4.69, 9.17) is 4.74 Å². The minimum Gasteiger partial charge on any atom is -0.487 e. The second kappa shape index (κ2) is 12.8. The summed E-state index contributed by atoms with van der Waals surface area (Å²) in [5.74, 6) is 1.30. The zero-order chi connectivity index (χ0) is 20.3. The molecule has 7 heteroatoms. The van der Waals surface area contributed by atoms with E-state index in [-0.39, 0.29) is 29.8 Å². The number of nitrogens with zero attached hydrogens (tertiary/aromatic N) is 2. The Bertz CT molecular complexity index is 920. The van der Waals surface area contributed by atoms with Crippen molar-refractivity contribution in [3.63, 3.8) is 0 Å². The van der Waals surface area contributed by atoms with Crippen LogP contribution in [0.3, 0.4) is 0 Å². The van der Waals surface area contributed by atoms with Crippen molar-refractivity contribution in [3.8, 4) is 5.75 Å². The fourth-order valence-corrected chi connectivity index (χ4v) is 2.77. The first-order valence-electron chi connectivity index (χ1n) is 9.53. The van der Waals surface area contributed by atoms with Crippen LogP contribution in [-0.2, 0) is 19.6 Å². The standard InChI is InChI=1S/C23H25FN4O.HI/c1-25-23(27-14-12-18-5-4-6-20(24)15-18)28-16-19-8-10-22(11-9-19)29-17-21-7-2-3-13-26-21;/h2-11,13,15H,12,14,16-17H2,1H3,(H2,25,27,28);1H. The van der Waals surface area contributed by atoms with Crippen LogP contribution >= 0.6 is 24.0 Å². The van der Waals surface area contributed by atoms with E-state index < -0.39 is 0 Å². The van der Waals surface area contributed by atoms with Gasteiger partial charge >= 0.3 is 0 Å². The van der Waals surface area contributed by atoms with Gasteiger partial charge in [-0.15, -0.1) is 24.0 Å². The molecule has 0 unspecified atom stereocenters. The van der Waals surface area contributed by atoms with Crippen LogP contribution < -0.4 is 15.4 Å². The van der Waals surface area contributed by atoms with Crippen molar-refractivity contribution in [1.29, 1.82) is 0 Å². The van der Waals surface area contributed by atoms with Crippen LogP contribution in [0.15, 0.2) is 77.9 Å². The molecule has 0 spiro atoms. The zero-order valence-electron chi connectivity index (χ0n) is 16.8. The molecule has 0 bridgehead atoms. The Balaban J connectivity index is 0.00000320. The lowest BCUT2D eigenvalue weighted by Gasteiger charge is -2.12. The third-order valence-electron chi connectivity index (χ3n) is 4.31. The number of hydrogen-bond acceptors (Lipinski definition) is 3. The lowest BCUT2D eigenvalue weighted by Crippen LogP contribution is -2.37. The third kappa shape index (κ3) is 7.98. The van der Waals surface area contributed by atoms with E-state index >= 15 is 0 Å². The molecule has 2 aromatic carbocycles. The number of halogens is 2. The van der Waals surface area contributed by atoms with Crippen LogP contribution in [0, 0.1) is 5.82 Å². The van der Waals surface area contributed by atoms with Crippen molar-refractivity contribution in [1.82, 2.24) is 15.6 Å². The Labute approximate surface area is 193 Å². The Kier molecular flexibility index (Phi) is 10.1. The Morgan fingerprint density at radius 1 is 1.00 bits per heavy atom. The number of nitrogens with one attached hydrogen (secondary N) is 2. The molecule has 0 saturated heterocycles. The van der Waals surface area contributed by atoms with Gasteiger partial charge in [-0.25, -0.2) is 4.39 Å². The normalized spacial score (nSPS) is 10.8. The molecule has 1 heterocycles. The third-order valence-corrected chi connectivity index (χ3v) is 4.31. The van der Waals surface area contributed by atoms with Crippen molar-refractivity contribution in [2.24, 2.45) is 4.99 Å². The fourth-order valence-electron chi connectivity index (χ4n) is 2.77. The van der Waals surface area contributed by atoms with E-state index in [1.54, 1.807) is 25.4 Å². The molecule has 0 atom stereocenters. The lowest BCUT2D eigenvalue weighted by atomic mass is 10.1. The predicted molar refractivity (Wildman–Crippen MR) is 129 cm³/mol. The smallest absolute Gasteiger partial charge is 0.191 e. The van der Waals surface area contributed by atoms with Gasteiger partial charge in [0.25, 0.3) is 0 Å². The topological polar surface area (TPSA) is 58.5 Å². The maximum atomic E-state index is 13.2. The highest BCUT2D eigenvalue weighted by Crippen LogP contribution is 2.13. The van der Waals surface area contributed by atoms with Gasteiger partial charge in [0, 0.05) is 26.3 Å². The second-order valence-electron chi connectivity index (χ2n) is 6.49. The van der Waals surface area contributed by atoms with Crippen LogP contribution in [0.1, 0.15) is 16.8 Å². The van der Waals surface area contributed by atoms with Crippen molar-refractivity contribution in [2.45, 2.75) is 19.6 Å². The largest absolute Gasteiger partial charge is 0.487 e. The zero-order valence-corrected chi connectivity index (χ0v) is 19.2. The molecular formula is C23H26FIN4O. The van der Waals surface area contributed by atoms with Gasteiger partial charge in [0.2, 0.25) is 0 Å². The minimum atomic E-state index is -0.211. The van der Waals surface area contributed by atoms with Crippen molar-refractivity contribution < 1.29 is 9.13 Å². The molecule has 158 valence electrons. The van der Waals surface area contributed by atoms with E-state index in [1.807, 2.05) is 48.5 Å². The molecule has 0 aliphatic rings. The number of ether oxygens (including phenoxy) is 1. The summed E-state index contributed by atoms with van der Waals surface area (Å²) >= 11 is 0. The van der Waals surface area contributed by atoms with Crippen LogP contribution in [0.4, 0.5) is 4.39 Å². The van der Waals surface area contributed by atoms with Crippen LogP contribution in [0.5, 0.6) is 5.75 Å². The summed E-state index contributed by atoms with van der Waals surface area (Å²) in [6, 6.07) is 20.3. The molecule has 2 N–H and O–H groups in total. The molecular weight excluding hydrogens is 494 g/mol. The summed E-state index contributed by atoms with van der Waals surface area (Å²) in [5, 5.41) is 6.52. The summed E-state index contributed by atoms with van der Waals surface area (Å²) in [6.45, 7) is 1.75. The molecule has 0 aliphatic heterocycles. The fraction of sp³-hybridized carbons (Fsp3) is 0.217. The number of guanidine groups is 1. The summed E-state index contributed by atoms with van der Waals surface area (Å²) in [7, 11) is 1.73. The average molecular weight is 520 g/mol. The molecule has 30 heavy (non-hydrogen) atoms. The molecule has 0 radical (unpaired) electrons. The molecule has 1 aromatic heterocycles. The van der Waals surface area contributed by atoms with Gasteiger partial charge in [0.1, 0.15) is 18.2 Å². The van der Waals surface area contributed by atoms with E-state index in [0.29, 0.717) is 25.7 Å². The highest BCUT2D eigenvalue weighted by atomic mass is 127. The SMILES string of the molecule is CN=C(NCCc1cccc(F)c1)NCc1ccc(OCc2ccccn2)cc1.I. The van der Waals surface area contributed by atoms with E-state index in [1.165, 1.54) is 6.07 Å². The molecule has 3 rings (SSSR count). The quantitative estimate of drug-likeness (QED) is 0.264. The van der Waals surface area contributed by atoms with E-state index in [9.17, 15) is 4.39 Å². The first-order valence-corrected chi connectivity index (χ1v) is 9.53. The number of aliphatic imine (C=N–C) groups is 1. The molecule has 0 amide bonds. The van der Waals surface area contributed by atoms with Gasteiger partial charge in [0.05, 0.1) is 5.69 Å². The number of hydrogen-bond donors (Lipinski definition) is 2. The first-order chi connectivity index (χ1) is 14.2. The Morgan fingerprint density at radius 2 is 1.83 bits per heavy atom. The molecule has 5 nitrogen and oxygen atoms in total. The van der Waals surface area contributed by atoms with Crippen molar-refractivity contribution in [2.75, 3.05) is 13.6 Å². The van der Waals surface area contributed by atoms with Crippen LogP contribution in [-0.4, -0.2) is 24.5 Å². The minimum absolute atomic E-state index is 0.